The van der Waals surface area contributed by atoms with Gasteiger partial charge in [-0.15, -0.1) is 11.3 Å². The van der Waals surface area contributed by atoms with E-state index in [1.165, 1.54) is 24.3 Å². The minimum atomic E-state index is -0.305. The Kier molecular flexibility index (Phi) is 3.15. The lowest BCUT2D eigenvalue weighted by Crippen LogP contribution is -2.09. The zero-order chi connectivity index (χ0) is 9.97. The molecule has 0 aliphatic heterocycles. The van der Waals surface area contributed by atoms with Gasteiger partial charge in [-0.25, -0.2) is 4.98 Å². The van der Waals surface area contributed by atoms with Crippen molar-refractivity contribution >= 4 is 11.3 Å². The molecule has 0 amide bonds. The average molecular weight is 213 g/mol. The smallest absolute Gasteiger partial charge is 0.201 e. The topological polar surface area (TPSA) is 31.4 Å². The van der Waals surface area contributed by atoms with E-state index >= 15 is 0 Å². The summed E-state index contributed by atoms with van der Waals surface area (Å²) in [4.78, 5) is 4.54. The van der Waals surface area contributed by atoms with Gasteiger partial charge in [0.2, 0.25) is 6.29 Å². The van der Waals surface area contributed by atoms with E-state index in [9.17, 15) is 0 Å². The molecule has 0 saturated heterocycles. The summed E-state index contributed by atoms with van der Waals surface area (Å²) in [6, 6.07) is 0. The largest absolute Gasteiger partial charge is 0.350 e. The van der Waals surface area contributed by atoms with Gasteiger partial charge < -0.3 is 9.47 Å². The highest BCUT2D eigenvalue weighted by atomic mass is 32.1. The predicted octanol–water partition coefficient (Wildman–Crippen LogP) is 2.70. The number of thiazole rings is 1. The second kappa shape index (κ2) is 4.38. The minimum Gasteiger partial charge on any atom is -0.350 e. The molecule has 2 rings (SSSR count). The van der Waals surface area contributed by atoms with Crippen LogP contribution in [0.1, 0.15) is 42.2 Å². The molecule has 0 radical (unpaired) electrons. The normalized spacial score (nSPS) is 17.4. The first kappa shape index (κ1) is 10.1. The highest BCUT2D eigenvalue weighted by Crippen LogP contribution is 2.38. The zero-order valence-electron chi connectivity index (χ0n) is 8.53. The monoisotopic (exact) mass is 213 g/mol. The van der Waals surface area contributed by atoms with Gasteiger partial charge in [-0.3, -0.25) is 0 Å². The van der Waals surface area contributed by atoms with Crippen molar-refractivity contribution in [3.63, 3.8) is 0 Å². The molecule has 0 unspecified atom stereocenters. The van der Waals surface area contributed by atoms with Crippen LogP contribution in [-0.4, -0.2) is 19.2 Å². The molecule has 14 heavy (non-hydrogen) atoms. The van der Waals surface area contributed by atoms with Crippen molar-refractivity contribution in [2.24, 2.45) is 0 Å². The van der Waals surface area contributed by atoms with Gasteiger partial charge in [0, 0.05) is 25.5 Å². The van der Waals surface area contributed by atoms with Crippen LogP contribution in [-0.2, 0) is 9.47 Å². The van der Waals surface area contributed by atoms with Crippen molar-refractivity contribution in [2.75, 3.05) is 14.2 Å². The number of nitrogens with zero attached hydrogens (tertiary/aromatic N) is 1. The maximum atomic E-state index is 5.15. The molecule has 1 aliphatic carbocycles. The Hall–Kier alpha value is -0.450. The zero-order valence-corrected chi connectivity index (χ0v) is 9.34. The van der Waals surface area contributed by atoms with Gasteiger partial charge in [-0.05, 0) is 12.8 Å². The van der Waals surface area contributed by atoms with Crippen LogP contribution in [0.2, 0.25) is 0 Å². The van der Waals surface area contributed by atoms with E-state index in [1.54, 1.807) is 25.6 Å². The van der Waals surface area contributed by atoms with Gasteiger partial charge in [-0.1, -0.05) is 6.42 Å². The van der Waals surface area contributed by atoms with Gasteiger partial charge in [0.1, 0.15) is 5.69 Å². The summed E-state index contributed by atoms with van der Waals surface area (Å²) in [6.45, 7) is 0. The lowest BCUT2D eigenvalue weighted by atomic mass is 9.86. The van der Waals surface area contributed by atoms with Crippen LogP contribution in [0.15, 0.2) is 5.38 Å². The number of methoxy groups -OCH3 is 2. The van der Waals surface area contributed by atoms with Gasteiger partial charge in [0.15, 0.2) is 0 Å². The third-order valence-corrected chi connectivity index (χ3v) is 3.69. The molecule has 1 saturated carbocycles. The molecule has 1 aliphatic rings. The summed E-state index contributed by atoms with van der Waals surface area (Å²) in [5.74, 6) is 0.697. The molecule has 1 aromatic rings. The maximum Gasteiger partial charge on any atom is 0.201 e. The Morgan fingerprint density at radius 1 is 1.43 bits per heavy atom. The van der Waals surface area contributed by atoms with E-state index in [0.29, 0.717) is 5.92 Å². The molecular weight excluding hydrogens is 198 g/mol. The number of hydrogen-bond acceptors (Lipinski definition) is 4. The minimum absolute atomic E-state index is 0.305. The number of rotatable bonds is 4. The summed E-state index contributed by atoms with van der Waals surface area (Å²) in [5.41, 5.74) is 0.905. The summed E-state index contributed by atoms with van der Waals surface area (Å²) < 4.78 is 10.3. The van der Waals surface area contributed by atoms with Gasteiger partial charge >= 0.3 is 0 Å². The first-order chi connectivity index (χ1) is 6.85. The van der Waals surface area contributed by atoms with Crippen LogP contribution < -0.4 is 0 Å². The third kappa shape index (κ3) is 1.82. The highest BCUT2D eigenvalue weighted by Gasteiger charge is 2.24. The molecule has 1 aromatic heterocycles. The van der Waals surface area contributed by atoms with E-state index < -0.39 is 0 Å². The second-order valence-electron chi connectivity index (χ2n) is 3.54. The van der Waals surface area contributed by atoms with E-state index in [1.807, 2.05) is 5.38 Å². The molecule has 1 heterocycles. The molecule has 78 valence electrons. The van der Waals surface area contributed by atoms with Crippen LogP contribution in [0.4, 0.5) is 0 Å². The van der Waals surface area contributed by atoms with Crippen molar-refractivity contribution in [3.8, 4) is 0 Å². The predicted molar refractivity (Wildman–Crippen MR) is 55.5 cm³/mol. The van der Waals surface area contributed by atoms with Crippen LogP contribution in [0, 0.1) is 0 Å². The Balaban J connectivity index is 2.07. The maximum absolute atomic E-state index is 5.15. The fourth-order valence-corrected chi connectivity index (χ4v) is 2.58. The molecular formula is C10H15NO2S. The molecule has 1 fully saturated rings. The molecule has 4 heteroatoms. The summed E-state index contributed by atoms with van der Waals surface area (Å²) >= 11 is 1.72. The van der Waals surface area contributed by atoms with Gasteiger partial charge in [-0.2, -0.15) is 0 Å². The van der Waals surface area contributed by atoms with Crippen LogP contribution in [0.3, 0.4) is 0 Å². The summed E-state index contributed by atoms with van der Waals surface area (Å²) in [7, 11) is 3.27. The second-order valence-corrected chi connectivity index (χ2v) is 4.43. The van der Waals surface area contributed by atoms with Crippen molar-refractivity contribution in [1.82, 2.24) is 4.98 Å². The Morgan fingerprint density at radius 2 is 2.14 bits per heavy atom. The summed E-state index contributed by atoms with van der Waals surface area (Å²) in [5, 5.41) is 3.27. The first-order valence-electron chi connectivity index (χ1n) is 4.86. The van der Waals surface area contributed by atoms with Crippen molar-refractivity contribution in [3.05, 3.63) is 16.1 Å². The highest BCUT2D eigenvalue weighted by molar-refractivity contribution is 7.09. The lowest BCUT2D eigenvalue weighted by molar-refractivity contribution is -0.108. The summed E-state index contributed by atoms with van der Waals surface area (Å²) in [6.07, 6.45) is 3.62. The first-order valence-corrected chi connectivity index (χ1v) is 5.74. The Bertz CT molecular complexity index is 292. The Labute approximate surface area is 88.1 Å². The fourth-order valence-electron chi connectivity index (χ4n) is 1.59. The molecule has 0 bridgehead atoms. The van der Waals surface area contributed by atoms with Crippen molar-refractivity contribution in [2.45, 2.75) is 31.5 Å². The number of ether oxygens (including phenoxy) is 2. The number of aromatic nitrogens is 1. The average Bonchev–Trinajstić information content (AvgIpc) is 2.53. The van der Waals surface area contributed by atoms with Crippen LogP contribution in [0.5, 0.6) is 0 Å². The van der Waals surface area contributed by atoms with Crippen LogP contribution in [0.25, 0.3) is 0 Å². The van der Waals surface area contributed by atoms with E-state index in [2.05, 4.69) is 4.98 Å². The molecule has 0 spiro atoms. The van der Waals surface area contributed by atoms with Crippen molar-refractivity contribution in [1.29, 1.82) is 0 Å². The standard InChI is InChI=1S/C10H15NO2S/c1-12-10(13-2)8-6-14-9(11-8)7-4-3-5-7/h6-7,10H,3-5H2,1-2H3. The Morgan fingerprint density at radius 3 is 2.64 bits per heavy atom. The van der Waals surface area contributed by atoms with E-state index in [0.717, 1.165) is 5.69 Å². The molecule has 0 aromatic carbocycles. The fraction of sp³-hybridized carbons (Fsp3) is 0.700. The SMILES string of the molecule is COC(OC)c1csc(C2CCC2)n1. The van der Waals surface area contributed by atoms with Crippen LogP contribution >= 0.6 is 11.3 Å². The quantitative estimate of drug-likeness (QED) is 0.721. The molecule has 0 N–H and O–H groups in total. The van der Waals surface area contributed by atoms with E-state index in [-0.39, 0.29) is 6.29 Å². The lowest BCUT2D eigenvalue weighted by Gasteiger charge is -2.22. The molecule has 3 nitrogen and oxygen atoms in total. The van der Waals surface area contributed by atoms with Gasteiger partial charge in [0.05, 0.1) is 5.01 Å². The number of hydrogen-bond donors (Lipinski definition) is 0. The van der Waals surface area contributed by atoms with E-state index in [4.69, 9.17) is 9.47 Å². The van der Waals surface area contributed by atoms with Crippen molar-refractivity contribution < 1.29 is 9.47 Å². The molecule has 0 atom stereocenters. The van der Waals surface area contributed by atoms with Gasteiger partial charge in [0.25, 0.3) is 0 Å². The third-order valence-electron chi connectivity index (χ3n) is 2.66.